The van der Waals surface area contributed by atoms with Crippen LogP contribution >= 0.6 is 0 Å². The third-order valence-corrected chi connectivity index (χ3v) is 4.61. The Labute approximate surface area is 137 Å². The van der Waals surface area contributed by atoms with E-state index in [-0.39, 0.29) is 23.6 Å². The highest BCUT2D eigenvalue weighted by atomic mass is 19.1. The van der Waals surface area contributed by atoms with Crippen LogP contribution in [0.2, 0.25) is 0 Å². The van der Waals surface area contributed by atoms with Crippen LogP contribution in [-0.2, 0) is 9.53 Å². The molecular weight excluding hydrogens is 297 g/mol. The van der Waals surface area contributed by atoms with Crippen LogP contribution in [0, 0.1) is 11.7 Å². The monoisotopic (exact) mass is 323 g/mol. The van der Waals surface area contributed by atoms with Crippen LogP contribution in [0.5, 0.6) is 5.75 Å². The average molecular weight is 323 g/mol. The Morgan fingerprint density at radius 2 is 1.91 bits per heavy atom. The second-order valence-corrected chi connectivity index (χ2v) is 6.37. The molecular formula is C18H26FNO3. The van der Waals surface area contributed by atoms with Gasteiger partial charge in [-0.2, -0.15) is 0 Å². The Balaban J connectivity index is 2.53. The number of piperidine rings is 1. The fraction of sp³-hybridized carbons (Fsp3) is 0.611. The van der Waals surface area contributed by atoms with E-state index in [1.165, 1.54) is 20.3 Å². The van der Waals surface area contributed by atoms with Crippen molar-refractivity contribution in [3.63, 3.8) is 0 Å². The van der Waals surface area contributed by atoms with E-state index in [0.29, 0.717) is 5.56 Å². The molecule has 1 aliphatic rings. The van der Waals surface area contributed by atoms with Crippen LogP contribution in [-0.4, -0.2) is 33.3 Å². The van der Waals surface area contributed by atoms with Crippen molar-refractivity contribution in [3.05, 3.63) is 29.1 Å². The molecule has 1 aliphatic heterocycles. The maximum Gasteiger partial charge on any atom is 0.313 e. The number of rotatable bonds is 5. The van der Waals surface area contributed by atoms with Crippen LogP contribution in [0.3, 0.4) is 0 Å². The highest BCUT2D eigenvalue weighted by Gasteiger charge is 2.35. The molecule has 5 heteroatoms. The minimum absolute atomic E-state index is 0.124. The first-order valence-electron chi connectivity index (χ1n) is 8.15. The summed E-state index contributed by atoms with van der Waals surface area (Å²) in [4.78, 5) is 12.5. The van der Waals surface area contributed by atoms with E-state index in [4.69, 9.17) is 9.47 Å². The molecule has 0 aromatic heterocycles. The first-order chi connectivity index (χ1) is 11.0. The van der Waals surface area contributed by atoms with Crippen molar-refractivity contribution < 1.29 is 18.7 Å². The minimum atomic E-state index is -0.495. The molecule has 1 atom stereocenters. The van der Waals surface area contributed by atoms with Crippen molar-refractivity contribution in [2.45, 2.75) is 38.5 Å². The van der Waals surface area contributed by atoms with Crippen molar-refractivity contribution in [2.24, 2.45) is 5.92 Å². The number of hydrogen-bond acceptors (Lipinski definition) is 4. The number of nitrogens with one attached hydrogen (secondary N) is 1. The van der Waals surface area contributed by atoms with Crippen LogP contribution in [0.15, 0.2) is 12.1 Å². The van der Waals surface area contributed by atoms with Gasteiger partial charge in [0.2, 0.25) is 0 Å². The van der Waals surface area contributed by atoms with Gasteiger partial charge in [-0.25, -0.2) is 4.39 Å². The molecule has 1 unspecified atom stereocenters. The molecule has 1 aromatic rings. The highest BCUT2D eigenvalue weighted by Crippen LogP contribution is 2.40. The summed E-state index contributed by atoms with van der Waals surface area (Å²) in [5, 5.41) is 3.29. The molecule has 1 heterocycles. The van der Waals surface area contributed by atoms with Crippen molar-refractivity contribution in [1.82, 2.24) is 5.32 Å². The van der Waals surface area contributed by atoms with Gasteiger partial charge in [0.25, 0.3) is 0 Å². The van der Waals surface area contributed by atoms with E-state index in [1.54, 1.807) is 0 Å². The van der Waals surface area contributed by atoms with Gasteiger partial charge < -0.3 is 14.8 Å². The van der Waals surface area contributed by atoms with Gasteiger partial charge in [0.1, 0.15) is 0 Å². The standard InChI is InChI=1S/C18H26FNO3/c1-11(2)13-9-14(17(22-3)15(19)10-13)16(18(21)23-4)12-5-7-20-8-6-12/h9-12,16,20H,5-8H2,1-4H3. The maximum atomic E-state index is 14.5. The summed E-state index contributed by atoms with van der Waals surface area (Å²) in [6, 6.07) is 3.39. The van der Waals surface area contributed by atoms with E-state index < -0.39 is 11.7 Å². The zero-order chi connectivity index (χ0) is 17.0. The molecule has 0 saturated carbocycles. The van der Waals surface area contributed by atoms with Crippen molar-refractivity contribution >= 4 is 5.97 Å². The lowest BCUT2D eigenvalue weighted by Crippen LogP contribution is -2.34. The van der Waals surface area contributed by atoms with E-state index in [2.05, 4.69) is 5.32 Å². The lowest BCUT2D eigenvalue weighted by atomic mass is 9.79. The molecule has 0 aliphatic carbocycles. The van der Waals surface area contributed by atoms with E-state index in [0.717, 1.165) is 31.5 Å². The van der Waals surface area contributed by atoms with Gasteiger partial charge in [0.15, 0.2) is 11.6 Å². The smallest absolute Gasteiger partial charge is 0.313 e. The molecule has 1 fully saturated rings. The highest BCUT2D eigenvalue weighted by molar-refractivity contribution is 5.79. The third-order valence-electron chi connectivity index (χ3n) is 4.61. The lowest BCUT2D eigenvalue weighted by Gasteiger charge is -2.30. The number of esters is 1. The normalized spacial score (nSPS) is 17.1. The first kappa shape index (κ1) is 17.7. The Morgan fingerprint density at radius 1 is 1.26 bits per heavy atom. The average Bonchev–Trinajstić information content (AvgIpc) is 2.55. The van der Waals surface area contributed by atoms with Gasteiger partial charge in [-0.05, 0) is 49.4 Å². The summed E-state index contributed by atoms with van der Waals surface area (Å²) in [5.41, 5.74) is 1.47. The first-order valence-corrected chi connectivity index (χ1v) is 8.15. The van der Waals surface area contributed by atoms with Gasteiger partial charge >= 0.3 is 5.97 Å². The summed E-state index contributed by atoms with van der Waals surface area (Å²) in [6.07, 6.45) is 1.72. The summed E-state index contributed by atoms with van der Waals surface area (Å²) in [5.74, 6) is -0.791. The fourth-order valence-corrected chi connectivity index (χ4v) is 3.29. The summed E-state index contributed by atoms with van der Waals surface area (Å²) in [7, 11) is 2.82. The van der Waals surface area contributed by atoms with Gasteiger partial charge in [-0.1, -0.05) is 19.9 Å². The molecule has 0 bridgehead atoms. The molecule has 4 nitrogen and oxygen atoms in total. The fourth-order valence-electron chi connectivity index (χ4n) is 3.29. The Hall–Kier alpha value is -1.62. The lowest BCUT2D eigenvalue weighted by molar-refractivity contribution is -0.144. The molecule has 23 heavy (non-hydrogen) atoms. The van der Waals surface area contributed by atoms with Gasteiger partial charge in [-0.3, -0.25) is 4.79 Å². The summed E-state index contributed by atoms with van der Waals surface area (Å²) >= 11 is 0. The molecule has 1 aromatic carbocycles. The van der Waals surface area contributed by atoms with Crippen LogP contribution in [0.1, 0.15) is 49.7 Å². The van der Waals surface area contributed by atoms with Crippen molar-refractivity contribution in [1.29, 1.82) is 0 Å². The van der Waals surface area contributed by atoms with Gasteiger partial charge in [0, 0.05) is 5.56 Å². The summed E-state index contributed by atoms with van der Waals surface area (Å²) < 4.78 is 24.8. The second-order valence-electron chi connectivity index (χ2n) is 6.37. The number of benzene rings is 1. The topological polar surface area (TPSA) is 47.6 Å². The molecule has 2 rings (SSSR count). The minimum Gasteiger partial charge on any atom is -0.493 e. The number of methoxy groups -OCH3 is 2. The number of ether oxygens (including phenoxy) is 2. The number of halogens is 1. The Morgan fingerprint density at radius 3 is 2.43 bits per heavy atom. The van der Waals surface area contributed by atoms with Gasteiger partial charge in [0.05, 0.1) is 20.1 Å². The largest absolute Gasteiger partial charge is 0.493 e. The van der Waals surface area contributed by atoms with E-state index in [9.17, 15) is 9.18 Å². The number of carbonyl (C=O) groups is 1. The van der Waals surface area contributed by atoms with Gasteiger partial charge in [-0.15, -0.1) is 0 Å². The maximum absolute atomic E-state index is 14.5. The predicted molar refractivity (Wildman–Crippen MR) is 87.4 cm³/mol. The molecule has 0 radical (unpaired) electrons. The Bertz CT molecular complexity index is 553. The number of hydrogen-bond donors (Lipinski definition) is 1. The molecule has 1 N–H and O–H groups in total. The zero-order valence-electron chi connectivity index (χ0n) is 14.3. The quantitative estimate of drug-likeness (QED) is 0.845. The third kappa shape index (κ3) is 3.83. The molecule has 0 spiro atoms. The molecule has 128 valence electrons. The SMILES string of the molecule is COC(=O)C(c1cc(C(C)C)cc(F)c1OC)C1CCNCC1. The van der Waals surface area contributed by atoms with Crippen molar-refractivity contribution in [3.8, 4) is 5.75 Å². The summed E-state index contributed by atoms with van der Waals surface area (Å²) in [6.45, 7) is 5.71. The van der Waals surface area contributed by atoms with E-state index >= 15 is 0 Å². The zero-order valence-corrected chi connectivity index (χ0v) is 14.3. The number of carbonyl (C=O) groups excluding carboxylic acids is 1. The van der Waals surface area contributed by atoms with E-state index in [1.807, 2.05) is 19.9 Å². The molecule has 0 amide bonds. The second kappa shape index (κ2) is 7.77. The Kier molecular flexibility index (Phi) is 5.99. The van der Waals surface area contributed by atoms with Crippen LogP contribution in [0.4, 0.5) is 4.39 Å². The van der Waals surface area contributed by atoms with Crippen LogP contribution in [0.25, 0.3) is 0 Å². The van der Waals surface area contributed by atoms with Crippen LogP contribution < -0.4 is 10.1 Å². The van der Waals surface area contributed by atoms with Crippen molar-refractivity contribution in [2.75, 3.05) is 27.3 Å². The predicted octanol–water partition coefficient (Wildman–Crippen LogP) is 3.21. The molecule has 1 saturated heterocycles.